The lowest BCUT2D eigenvalue weighted by atomic mass is 10.1. The van der Waals surface area contributed by atoms with Crippen molar-refractivity contribution in [3.63, 3.8) is 0 Å². The fourth-order valence-corrected chi connectivity index (χ4v) is 2.58. The summed E-state index contributed by atoms with van der Waals surface area (Å²) < 4.78 is 10.7. The van der Waals surface area contributed by atoms with Crippen LogP contribution < -0.4 is 9.47 Å². The molecule has 0 spiro atoms. The first-order chi connectivity index (χ1) is 9.26. The summed E-state index contributed by atoms with van der Waals surface area (Å²) in [6.45, 7) is 2.69. The molecule has 0 bridgehead atoms. The molecule has 2 aromatic rings. The number of hydrogen-bond acceptors (Lipinski definition) is 5. The summed E-state index contributed by atoms with van der Waals surface area (Å²) >= 11 is 1.46. The molecule has 0 aliphatic rings. The summed E-state index contributed by atoms with van der Waals surface area (Å²) in [4.78, 5) is 4.88. The third-order valence-corrected chi connectivity index (χ3v) is 3.60. The molecule has 0 aliphatic heterocycles. The van der Waals surface area contributed by atoms with Crippen LogP contribution in [-0.2, 0) is 0 Å². The highest BCUT2D eigenvalue weighted by molar-refractivity contribution is 7.10. The molecule has 4 nitrogen and oxygen atoms in total. The molecule has 0 radical (unpaired) electrons. The zero-order valence-corrected chi connectivity index (χ0v) is 11.8. The van der Waals surface area contributed by atoms with Crippen molar-refractivity contribution in [1.29, 1.82) is 0 Å². The number of aliphatic hydroxyl groups is 1. The van der Waals surface area contributed by atoms with Gasteiger partial charge in [-0.15, -0.1) is 11.3 Å². The smallest absolute Gasteiger partial charge is 0.137 e. The van der Waals surface area contributed by atoms with Crippen LogP contribution in [0.1, 0.15) is 29.9 Å². The zero-order chi connectivity index (χ0) is 13.7. The number of ether oxygens (including phenoxy) is 2. The molecule has 5 heteroatoms. The number of aliphatic hydroxyl groups excluding tert-OH is 1. The van der Waals surface area contributed by atoms with Crippen LogP contribution in [0.4, 0.5) is 0 Å². The van der Waals surface area contributed by atoms with Crippen LogP contribution in [0.5, 0.6) is 11.5 Å². The summed E-state index contributed by atoms with van der Waals surface area (Å²) in [6.07, 6.45) is 3.48. The van der Waals surface area contributed by atoms with Gasteiger partial charge in [0.25, 0.3) is 0 Å². The molecule has 1 N–H and O–H groups in total. The molecule has 1 atom stereocenters. The molecule has 2 rings (SSSR count). The molecule has 1 unspecified atom stereocenters. The van der Waals surface area contributed by atoms with E-state index in [1.165, 1.54) is 11.3 Å². The number of thiophene rings is 1. The van der Waals surface area contributed by atoms with Crippen molar-refractivity contribution in [2.45, 2.75) is 19.4 Å². The maximum absolute atomic E-state index is 10.4. The Morgan fingerprint density at radius 2 is 2.26 bits per heavy atom. The zero-order valence-electron chi connectivity index (χ0n) is 11.0. The van der Waals surface area contributed by atoms with E-state index in [0.717, 1.165) is 11.3 Å². The molecule has 0 aliphatic carbocycles. The Hall–Kier alpha value is -1.59. The molecule has 0 amide bonds. The molecular weight excluding hydrogens is 262 g/mol. The van der Waals surface area contributed by atoms with Crippen LogP contribution >= 0.6 is 11.3 Å². The normalized spacial score (nSPS) is 12.2. The fraction of sp³-hybridized carbons (Fsp3) is 0.357. The van der Waals surface area contributed by atoms with Gasteiger partial charge in [0.2, 0.25) is 0 Å². The van der Waals surface area contributed by atoms with E-state index in [2.05, 4.69) is 4.98 Å². The Kier molecular flexibility index (Phi) is 4.76. The number of aromatic nitrogens is 1. The summed E-state index contributed by atoms with van der Waals surface area (Å²) in [5, 5.41) is 12.3. The standard InChI is InChI=1S/C14H17NO3S/c1-3-5-18-11-7-10(8-15-9-11)13(16)14-12(17-2)4-6-19-14/h4,6-9,13,16H,3,5H2,1-2H3. The van der Waals surface area contributed by atoms with Crippen LogP contribution in [0.2, 0.25) is 0 Å². The molecule has 0 saturated heterocycles. The summed E-state index contributed by atoms with van der Waals surface area (Å²) in [5.74, 6) is 1.37. The van der Waals surface area contributed by atoms with Crippen molar-refractivity contribution >= 4 is 11.3 Å². The van der Waals surface area contributed by atoms with Gasteiger partial charge in [0.1, 0.15) is 17.6 Å². The molecular formula is C14H17NO3S. The van der Waals surface area contributed by atoms with Gasteiger partial charge in [-0.3, -0.25) is 4.98 Å². The molecule has 0 saturated carbocycles. The van der Waals surface area contributed by atoms with Gasteiger partial charge < -0.3 is 14.6 Å². The second-order valence-corrected chi connectivity index (χ2v) is 5.01. The predicted octanol–water partition coefficient (Wildman–Crippen LogP) is 3.02. The highest BCUT2D eigenvalue weighted by Gasteiger charge is 2.17. The minimum atomic E-state index is -0.743. The average molecular weight is 279 g/mol. The Labute approximate surface area is 116 Å². The van der Waals surface area contributed by atoms with Gasteiger partial charge in [0.05, 0.1) is 24.8 Å². The number of nitrogens with zero attached hydrogens (tertiary/aromatic N) is 1. The molecule has 0 fully saturated rings. The second kappa shape index (κ2) is 6.54. The van der Waals surface area contributed by atoms with Crippen molar-refractivity contribution < 1.29 is 14.6 Å². The lowest BCUT2D eigenvalue weighted by Gasteiger charge is -2.12. The van der Waals surface area contributed by atoms with Gasteiger partial charge in [-0.2, -0.15) is 0 Å². The Balaban J connectivity index is 2.21. The van der Waals surface area contributed by atoms with E-state index < -0.39 is 6.10 Å². The van der Waals surface area contributed by atoms with Gasteiger partial charge in [0.15, 0.2) is 0 Å². The van der Waals surface area contributed by atoms with Gasteiger partial charge in [-0.25, -0.2) is 0 Å². The van der Waals surface area contributed by atoms with Crippen LogP contribution in [-0.4, -0.2) is 23.8 Å². The van der Waals surface area contributed by atoms with Crippen molar-refractivity contribution in [1.82, 2.24) is 4.98 Å². The molecule has 2 aromatic heterocycles. The van der Waals surface area contributed by atoms with Gasteiger partial charge in [-0.05, 0) is 23.9 Å². The van der Waals surface area contributed by atoms with Crippen molar-refractivity contribution in [3.8, 4) is 11.5 Å². The minimum absolute atomic E-state index is 0.642. The lowest BCUT2D eigenvalue weighted by molar-refractivity contribution is 0.217. The van der Waals surface area contributed by atoms with E-state index in [1.807, 2.05) is 24.4 Å². The van der Waals surface area contributed by atoms with E-state index in [1.54, 1.807) is 19.5 Å². The highest BCUT2D eigenvalue weighted by Crippen LogP contribution is 2.35. The molecule has 2 heterocycles. The quantitative estimate of drug-likeness (QED) is 0.883. The first-order valence-electron chi connectivity index (χ1n) is 6.13. The van der Waals surface area contributed by atoms with Crippen LogP contribution in [0.3, 0.4) is 0 Å². The van der Waals surface area contributed by atoms with Gasteiger partial charge in [-0.1, -0.05) is 6.92 Å². The summed E-state index contributed by atoms with van der Waals surface area (Å²) in [7, 11) is 1.59. The molecule has 102 valence electrons. The van der Waals surface area contributed by atoms with Crippen LogP contribution in [0.25, 0.3) is 0 Å². The number of hydrogen-bond donors (Lipinski definition) is 1. The predicted molar refractivity (Wildman–Crippen MR) is 75.0 cm³/mol. The van der Waals surface area contributed by atoms with E-state index in [4.69, 9.17) is 9.47 Å². The Morgan fingerprint density at radius 1 is 1.42 bits per heavy atom. The third-order valence-electron chi connectivity index (χ3n) is 2.65. The third kappa shape index (κ3) is 3.24. The SMILES string of the molecule is CCCOc1cncc(C(O)c2sccc2OC)c1. The summed E-state index contributed by atoms with van der Waals surface area (Å²) in [5.41, 5.74) is 0.703. The maximum Gasteiger partial charge on any atom is 0.137 e. The number of methoxy groups -OCH3 is 1. The molecule has 0 aromatic carbocycles. The van der Waals surface area contributed by atoms with E-state index in [9.17, 15) is 5.11 Å². The average Bonchev–Trinajstić information content (AvgIpc) is 2.93. The van der Waals surface area contributed by atoms with E-state index in [-0.39, 0.29) is 0 Å². The van der Waals surface area contributed by atoms with Crippen LogP contribution in [0.15, 0.2) is 29.9 Å². The summed E-state index contributed by atoms with van der Waals surface area (Å²) in [6, 6.07) is 3.65. The fourth-order valence-electron chi connectivity index (χ4n) is 1.71. The topological polar surface area (TPSA) is 51.6 Å². The second-order valence-electron chi connectivity index (χ2n) is 4.06. The lowest BCUT2D eigenvalue weighted by Crippen LogP contribution is -2.02. The highest BCUT2D eigenvalue weighted by atomic mass is 32.1. The Bertz CT molecular complexity index is 527. The van der Waals surface area contributed by atoms with E-state index in [0.29, 0.717) is 23.7 Å². The number of pyridine rings is 1. The van der Waals surface area contributed by atoms with Crippen LogP contribution in [0, 0.1) is 0 Å². The van der Waals surface area contributed by atoms with Gasteiger partial charge in [0, 0.05) is 11.8 Å². The first kappa shape index (κ1) is 13.8. The minimum Gasteiger partial charge on any atom is -0.495 e. The largest absolute Gasteiger partial charge is 0.495 e. The van der Waals surface area contributed by atoms with Crippen molar-refractivity contribution in [2.24, 2.45) is 0 Å². The van der Waals surface area contributed by atoms with Gasteiger partial charge >= 0.3 is 0 Å². The first-order valence-corrected chi connectivity index (χ1v) is 7.01. The maximum atomic E-state index is 10.4. The van der Waals surface area contributed by atoms with Crippen molar-refractivity contribution in [3.05, 3.63) is 40.3 Å². The Morgan fingerprint density at radius 3 is 3.00 bits per heavy atom. The van der Waals surface area contributed by atoms with Crippen molar-refractivity contribution in [2.75, 3.05) is 13.7 Å². The molecule has 19 heavy (non-hydrogen) atoms. The van der Waals surface area contributed by atoms with E-state index >= 15 is 0 Å². The monoisotopic (exact) mass is 279 g/mol. The number of rotatable bonds is 6.